The lowest BCUT2D eigenvalue weighted by molar-refractivity contribution is 0.312. The Labute approximate surface area is 208 Å². The number of thiophene rings is 1. The summed E-state index contributed by atoms with van der Waals surface area (Å²) in [7, 11) is -3.33. The minimum atomic E-state index is -3.33. The van der Waals surface area contributed by atoms with Gasteiger partial charge in [0.2, 0.25) is 15.8 Å². The van der Waals surface area contributed by atoms with Gasteiger partial charge in [0.15, 0.2) is 0 Å². The Morgan fingerprint density at radius 1 is 1.18 bits per heavy atom. The summed E-state index contributed by atoms with van der Waals surface area (Å²) < 4.78 is 33.9. The molecule has 1 saturated heterocycles. The second kappa shape index (κ2) is 10.5. The highest BCUT2D eigenvalue weighted by Gasteiger charge is 2.31. The van der Waals surface area contributed by atoms with Crippen LogP contribution >= 0.6 is 22.9 Å². The van der Waals surface area contributed by atoms with Gasteiger partial charge in [-0.05, 0) is 54.4 Å². The Morgan fingerprint density at radius 2 is 1.94 bits per heavy atom. The molecule has 0 unspecified atom stereocenters. The number of ether oxygens (including phenoxy) is 1. The first-order valence-electron chi connectivity index (χ1n) is 11.0. The number of halogens is 1. The number of aromatic nitrogens is 2. The number of benzene rings is 1. The van der Waals surface area contributed by atoms with Gasteiger partial charge in [0.1, 0.15) is 5.69 Å². The maximum Gasteiger partial charge on any atom is 0.316 e. The van der Waals surface area contributed by atoms with Crippen LogP contribution in [0.1, 0.15) is 19.4 Å². The number of rotatable bonds is 8. The summed E-state index contributed by atoms with van der Waals surface area (Å²) in [6, 6.07) is 8.93. The molecular formula is C23H27ClN4O4S2. The third-order valence-corrected chi connectivity index (χ3v) is 8.96. The topological polar surface area (TPSA) is 84.7 Å². The first-order chi connectivity index (χ1) is 16.3. The number of hydrogen-bond acceptors (Lipinski definition) is 7. The quantitative estimate of drug-likeness (QED) is 0.450. The van der Waals surface area contributed by atoms with Crippen molar-refractivity contribution in [3.8, 4) is 11.4 Å². The molecule has 0 radical (unpaired) electrons. The van der Waals surface area contributed by atoms with Crippen LogP contribution in [0.5, 0.6) is 5.75 Å². The van der Waals surface area contributed by atoms with Crippen molar-refractivity contribution in [1.29, 1.82) is 0 Å². The van der Waals surface area contributed by atoms with Crippen molar-refractivity contribution in [3.63, 3.8) is 0 Å². The zero-order chi connectivity index (χ0) is 24.3. The maximum absolute atomic E-state index is 13.5. The van der Waals surface area contributed by atoms with E-state index in [0.29, 0.717) is 55.6 Å². The summed E-state index contributed by atoms with van der Waals surface area (Å²) in [4.78, 5) is 15.4. The van der Waals surface area contributed by atoms with Crippen LogP contribution in [-0.4, -0.2) is 60.5 Å². The monoisotopic (exact) mass is 522 g/mol. The van der Waals surface area contributed by atoms with Gasteiger partial charge < -0.3 is 9.64 Å². The number of sulfonamides is 1. The van der Waals surface area contributed by atoms with Gasteiger partial charge in [0.25, 0.3) is 0 Å². The molecule has 0 bridgehead atoms. The normalized spacial score (nSPS) is 15.1. The summed E-state index contributed by atoms with van der Waals surface area (Å²) in [5.41, 5.74) is 1.86. The minimum Gasteiger partial charge on any atom is -0.486 e. The standard InChI is InChI=1S/C23H27ClN4O4S2/c1-17(2)34(30,31)27-10-8-26(9-11-27)21-15-25-28(20-5-3-4-19(24)14-20)23(29)22(21)32-12-6-18-7-13-33-16-18/h3-5,7,13-17H,6,8-12H2,1-2H3. The molecule has 4 rings (SSSR count). The molecule has 0 spiro atoms. The lowest BCUT2D eigenvalue weighted by Gasteiger charge is -2.36. The molecule has 182 valence electrons. The SMILES string of the molecule is CC(C)S(=O)(=O)N1CCN(c2cnn(-c3cccc(Cl)c3)c(=O)c2OCCc2ccsc2)CC1. The lowest BCUT2D eigenvalue weighted by atomic mass is 10.2. The molecule has 1 fully saturated rings. The van der Waals surface area contributed by atoms with Gasteiger partial charge >= 0.3 is 5.56 Å². The Hall–Kier alpha value is -2.40. The molecule has 0 aliphatic carbocycles. The van der Waals surface area contributed by atoms with Gasteiger partial charge in [0.05, 0.1) is 23.7 Å². The average Bonchev–Trinajstić information content (AvgIpc) is 3.33. The van der Waals surface area contributed by atoms with Crippen LogP contribution in [0.25, 0.3) is 5.69 Å². The summed E-state index contributed by atoms with van der Waals surface area (Å²) in [6.45, 7) is 5.25. The predicted molar refractivity (Wildman–Crippen MR) is 136 cm³/mol. The zero-order valence-electron chi connectivity index (χ0n) is 19.1. The molecule has 0 atom stereocenters. The van der Waals surface area contributed by atoms with Crippen LogP contribution in [0.4, 0.5) is 5.69 Å². The van der Waals surface area contributed by atoms with Crippen LogP contribution in [0.15, 0.2) is 52.1 Å². The van der Waals surface area contributed by atoms with Gasteiger partial charge in [-0.3, -0.25) is 4.79 Å². The van der Waals surface area contributed by atoms with E-state index in [4.69, 9.17) is 16.3 Å². The zero-order valence-corrected chi connectivity index (χ0v) is 21.4. The molecule has 2 aromatic heterocycles. The fourth-order valence-electron chi connectivity index (χ4n) is 3.77. The number of piperazine rings is 1. The highest BCUT2D eigenvalue weighted by molar-refractivity contribution is 7.89. The maximum atomic E-state index is 13.5. The van der Waals surface area contributed by atoms with Crippen molar-refractivity contribution in [2.24, 2.45) is 0 Å². The van der Waals surface area contributed by atoms with E-state index in [9.17, 15) is 13.2 Å². The van der Waals surface area contributed by atoms with E-state index in [1.807, 2.05) is 16.3 Å². The molecule has 3 aromatic rings. The Balaban J connectivity index is 1.62. The van der Waals surface area contributed by atoms with Crippen LogP contribution < -0.4 is 15.2 Å². The van der Waals surface area contributed by atoms with Crippen molar-refractivity contribution in [1.82, 2.24) is 14.1 Å². The van der Waals surface area contributed by atoms with Crippen LogP contribution in [0.3, 0.4) is 0 Å². The van der Waals surface area contributed by atoms with Gasteiger partial charge in [-0.2, -0.15) is 25.4 Å². The highest BCUT2D eigenvalue weighted by atomic mass is 35.5. The molecule has 0 amide bonds. The lowest BCUT2D eigenvalue weighted by Crippen LogP contribution is -2.50. The Bertz CT molecular complexity index is 1280. The second-order valence-electron chi connectivity index (χ2n) is 8.27. The smallest absolute Gasteiger partial charge is 0.316 e. The molecule has 1 aliphatic rings. The average molecular weight is 523 g/mol. The van der Waals surface area contributed by atoms with E-state index in [1.165, 1.54) is 8.99 Å². The molecule has 1 aromatic carbocycles. The van der Waals surface area contributed by atoms with Crippen LogP contribution in [0.2, 0.25) is 5.02 Å². The molecule has 11 heteroatoms. The molecule has 3 heterocycles. The summed E-state index contributed by atoms with van der Waals surface area (Å²) in [5, 5.41) is 8.45. The fourth-order valence-corrected chi connectivity index (χ4v) is 5.93. The summed E-state index contributed by atoms with van der Waals surface area (Å²) in [5.74, 6) is 0.199. The Kier molecular flexibility index (Phi) is 7.61. The van der Waals surface area contributed by atoms with E-state index >= 15 is 0 Å². The minimum absolute atomic E-state index is 0.199. The van der Waals surface area contributed by atoms with E-state index < -0.39 is 15.3 Å². The molecule has 0 N–H and O–H groups in total. The van der Waals surface area contributed by atoms with Gasteiger partial charge in [-0.1, -0.05) is 17.7 Å². The van der Waals surface area contributed by atoms with Crippen LogP contribution in [0, 0.1) is 0 Å². The van der Waals surface area contributed by atoms with Crippen molar-refractivity contribution >= 4 is 38.6 Å². The summed E-state index contributed by atoms with van der Waals surface area (Å²) >= 11 is 7.73. The van der Waals surface area contributed by atoms with E-state index in [2.05, 4.69) is 10.5 Å². The van der Waals surface area contributed by atoms with E-state index in [1.54, 1.807) is 55.6 Å². The molecule has 1 aliphatic heterocycles. The molecular weight excluding hydrogens is 496 g/mol. The van der Waals surface area contributed by atoms with Gasteiger partial charge in [0, 0.05) is 37.6 Å². The number of hydrogen-bond donors (Lipinski definition) is 0. The highest BCUT2D eigenvalue weighted by Crippen LogP contribution is 2.27. The number of anilines is 1. The van der Waals surface area contributed by atoms with Crippen LogP contribution in [-0.2, 0) is 16.4 Å². The first kappa shape index (κ1) is 24.7. The van der Waals surface area contributed by atoms with E-state index in [-0.39, 0.29) is 11.3 Å². The van der Waals surface area contributed by atoms with Gasteiger partial charge in [-0.25, -0.2) is 8.42 Å². The van der Waals surface area contributed by atoms with Crippen molar-refractivity contribution in [2.45, 2.75) is 25.5 Å². The fraction of sp³-hybridized carbons (Fsp3) is 0.391. The molecule has 34 heavy (non-hydrogen) atoms. The van der Waals surface area contributed by atoms with Crippen molar-refractivity contribution in [2.75, 3.05) is 37.7 Å². The van der Waals surface area contributed by atoms with E-state index in [0.717, 1.165) is 5.56 Å². The van der Waals surface area contributed by atoms with Gasteiger partial charge in [-0.15, -0.1) is 0 Å². The third kappa shape index (κ3) is 5.30. The number of nitrogens with zero attached hydrogens (tertiary/aromatic N) is 4. The van der Waals surface area contributed by atoms with Crippen molar-refractivity contribution in [3.05, 3.63) is 68.2 Å². The second-order valence-corrected chi connectivity index (χ2v) is 12.0. The predicted octanol–water partition coefficient (Wildman–Crippen LogP) is 3.43. The van der Waals surface area contributed by atoms with Crippen molar-refractivity contribution < 1.29 is 13.2 Å². The molecule has 8 nitrogen and oxygen atoms in total. The summed E-state index contributed by atoms with van der Waals surface area (Å²) in [6.07, 6.45) is 2.27. The first-order valence-corrected chi connectivity index (χ1v) is 13.9. The Morgan fingerprint density at radius 3 is 2.59 bits per heavy atom. The third-order valence-electron chi connectivity index (χ3n) is 5.72. The largest absolute Gasteiger partial charge is 0.486 e. The molecule has 0 saturated carbocycles.